The smallest absolute Gasteiger partial charge is 0.0589 e. The lowest BCUT2D eigenvalue weighted by Crippen LogP contribution is -2.36. The summed E-state index contributed by atoms with van der Waals surface area (Å²) in [6.45, 7) is 3.90. The van der Waals surface area contributed by atoms with E-state index in [4.69, 9.17) is 0 Å². The normalized spacial score (nSPS) is 9.43. The van der Waals surface area contributed by atoms with Crippen molar-refractivity contribution in [1.82, 2.24) is 16.2 Å². The van der Waals surface area contributed by atoms with Gasteiger partial charge in [-0.15, -0.1) is 0 Å². The summed E-state index contributed by atoms with van der Waals surface area (Å²) in [5, 5.41) is 3.08. The van der Waals surface area contributed by atoms with E-state index in [9.17, 15) is 0 Å². The molecule has 0 aliphatic heterocycles. The Morgan fingerprint density at radius 2 is 2.14 bits per heavy atom. The van der Waals surface area contributed by atoms with Crippen LogP contribution in [0.4, 0.5) is 0 Å². The van der Waals surface area contributed by atoms with Gasteiger partial charge in [0.2, 0.25) is 0 Å². The second-order valence-electron chi connectivity index (χ2n) is 1.21. The Morgan fingerprint density at radius 3 is 2.57 bits per heavy atom. The minimum absolute atomic E-state index is 0.826. The van der Waals surface area contributed by atoms with E-state index in [1.54, 1.807) is 0 Å². The number of hydrogen-bond acceptors (Lipinski definition) is 3. The van der Waals surface area contributed by atoms with Crippen LogP contribution in [0.2, 0.25) is 0 Å². The predicted molar refractivity (Wildman–Crippen MR) is 30.7 cm³/mol. The molecule has 3 N–H and O–H groups in total. The highest BCUT2D eigenvalue weighted by atomic mass is 15.4. The highest BCUT2D eigenvalue weighted by Gasteiger charge is 1.72. The van der Waals surface area contributed by atoms with Crippen LogP contribution in [0.15, 0.2) is 0 Å². The van der Waals surface area contributed by atoms with Crippen molar-refractivity contribution in [3.8, 4) is 0 Å². The molecule has 0 unspecified atom stereocenters. The van der Waals surface area contributed by atoms with Crippen LogP contribution in [-0.2, 0) is 0 Å². The average molecular weight is 103 g/mol. The molecule has 0 rings (SSSR count). The van der Waals surface area contributed by atoms with Gasteiger partial charge < -0.3 is 5.32 Å². The van der Waals surface area contributed by atoms with Crippen molar-refractivity contribution in [2.24, 2.45) is 0 Å². The first-order valence-corrected chi connectivity index (χ1v) is 2.52. The molecule has 0 fully saturated rings. The van der Waals surface area contributed by atoms with E-state index in [0.717, 1.165) is 13.2 Å². The fourth-order valence-electron chi connectivity index (χ4n) is 0.276. The lowest BCUT2D eigenvalue weighted by atomic mass is 10.8. The molecule has 7 heavy (non-hydrogen) atoms. The van der Waals surface area contributed by atoms with Gasteiger partial charge in [-0.25, -0.2) is 5.43 Å². The van der Waals surface area contributed by atoms with Crippen molar-refractivity contribution in [1.29, 1.82) is 0 Å². The average Bonchev–Trinajstić information content (AvgIpc) is 1.69. The van der Waals surface area contributed by atoms with Gasteiger partial charge >= 0.3 is 0 Å². The van der Waals surface area contributed by atoms with Gasteiger partial charge in [0.05, 0.1) is 6.67 Å². The van der Waals surface area contributed by atoms with Gasteiger partial charge in [-0.1, -0.05) is 6.92 Å². The summed E-state index contributed by atoms with van der Waals surface area (Å²) in [5.41, 5.74) is 5.68. The van der Waals surface area contributed by atoms with Crippen LogP contribution in [0.5, 0.6) is 0 Å². The largest absolute Gasteiger partial charge is 0.304 e. The third-order valence-corrected chi connectivity index (χ3v) is 0.640. The molecule has 0 aromatic heterocycles. The van der Waals surface area contributed by atoms with Crippen molar-refractivity contribution >= 4 is 0 Å². The molecule has 0 saturated heterocycles. The molecular formula is C4H13N3. The van der Waals surface area contributed by atoms with Gasteiger partial charge in [0.25, 0.3) is 0 Å². The van der Waals surface area contributed by atoms with Crippen molar-refractivity contribution in [3.63, 3.8) is 0 Å². The Labute approximate surface area is 44.5 Å². The number of hydrazine groups is 1. The maximum Gasteiger partial charge on any atom is 0.0589 e. The molecule has 0 aliphatic rings. The summed E-state index contributed by atoms with van der Waals surface area (Å²) in [6, 6.07) is 0. The number of hydrogen-bond donors (Lipinski definition) is 3. The van der Waals surface area contributed by atoms with Crippen LogP contribution < -0.4 is 16.2 Å². The lowest BCUT2D eigenvalue weighted by molar-refractivity contribution is 0.538. The Kier molecular flexibility index (Phi) is 5.78. The van der Waals surface area contributed by atoms with Gasteiger partial charge in [0, 0.05) is 0 Å². The molecule has 3 heteroatoms. The predicted octanol–water partition coefficient (Wildman–Crippen LogP) is -0.723. The van der Waals surface area contributed by atoms with E-state index in [2.05, 4.69) is 23.1 Å². The zero-order valence-corrected chi connectivity index (χ0v) is 4.91. The molecule has 0 amide bonds. The minimum atomic E-state index is 0.826. The molecule has 0 aliphatic carbocycles. The molecule has 0 bridgehead atoms. The Bertz CT molecular complexity index is 26.1. The maximum atomic E-state index is 3.08. The molecule has 0 spiro atoms. The lowest BCUT2D eigenvalue weighted by Gasteiger charge is -1.99. The summed E-state index contributed by atoms with van der Waals surface area (Å²) in [7, 11) is 1.84. The molecule has 3 nitrogen and oxygen atoms in total. The van der Waals surface area contributed by atoms with Crippen LogP contribution in [0.25, 0.3) is 0 Å². The first-order chi connectivity index (χ1) is 3.41. The second kappa shape index (κ2) is 5.88. The molecule has 44 valence electrons. The van der Waals surface area contributed by atoms with Gasteiger partial charge in [0.15, 0.2) is 0 Å². The summed E-state index contributed by atoms with van der Waals surface area (Å²) >= 11 is 0. The zero-order valence-electron chi connectivity index (χ0n) is 4.91. The van der Waals surface area contributed by atoms with Crippen LogP contribution in [0, 0.1) is 0 Å². The SMILES string of the molecule is CCNCNNC. The fourth-order valence-corrected chi connectivity index (χ4v) is 0.276. The van der Waals surface area contributed by atoms with E-state index >= 15 is 0 Å². The Balaban J connectivity index is 2.45. The summed E-state index contributed by atoms with van der Waals surface area (Å²) < 4.78 is 0. The summed E-state index contributed by atoms with van der Waals surface area (Å²) in [5.74, 6) is 0. The molecule has 0 heterocycles. The first-order valence-electron chi connectivity index (χ1n) is 2.52. The molecule has 0 radical (unpaired) electrons. The quantitative estimate of drug-likeness (QED) is 0.249. The van der Waals surface area contributed by atoms with Crippen molar-refractivity contribution in [2.75, 3.05) is 20.3 Å². The number of nitrogens with one attached hydrogen (secondary N) is 3. The summed E-state index contributed by atoms with van der Waals surface area (Å²) in [4.78, 5) is 0. The molecule has 0 atom stereocenters. The second-order valence-corrected chi connectivity index (χ2v) is 1.21. The fraction of sp³-hybridized carbons (Fsp3) is 1.00. The third-order valence-electron chi connectivity index (χ3n) is 0.640. The van der Waals surface area contributed by atoms with Gasteiger partial charge in [-0.2, -0.15) is 0 Å². The van der Waals surface area contributed by atoms with Crippen LogP contribution in [0.1, 0.15) is 6.92 Å². The molecule has 0 aromatic rings. The van der Waals surface area contributed by atoms with E-state index in [1.165, 1.54) is 0 Å². The summed E-state index contributed by atoms with van der Waals surface area (Å²) in [6.07, 6.45) is 0. The molecule has 0 aromatic carbocycles. The van der Waals surface area contributed by atoms with Crippen LogP contribution in [-0.4, -0.2) is 20.3 Å². The Hall–Kier alpha value is -0.120. The van der Waals surface area contributed by atoms with Gasteiger partial charge in [0.1, 0.15) is 0 Å². The van der Waals surface area contributed by atoms with Crippen LogP contribution in [0.3, 0.4) is 0 Å². The maximum absolute atomic E-state index is 3.08. The molecule has 0 saturated carbocycles. The highest BCUT2D eigenvalue weighted by Crippen LogP contribution is 1.45. The standard InChI is InChI=1S/C4H13N3/c1-3-6-4-7-5-2/h5-7H,3-4H2,1-2H3. The number of rotatable bonds is 4. The zero-order chi connectivity index (χ0) is 5.54. The van der Waals surface area contributed by atoms with Crippen molar-refractivity contribution in [2.45, 2.75) is 6.92 Å². The third kappa shape index (κ3) is 5.88. The topological polar surface area (TPSA) is 36.1 Å². The highest BCUT2D eigenvalue weighted by molar-refractivity contribution is 4.31. The van der Waals surface area contributed by atoms with E-state index in [0.29, 0.717) is 0 Å². The van der Waals surface area contributed by atoms with E-state index in [1.807, 2.05) is 7.05 Å². The van der Waals surface area contributed by atoms with Crippen LogP contribution >= 0.6 is 0 Å². The van der Waals surface area contributed by atoms with E-state index in [-0.39, 0.29) is 0 Å². The van der Waals surface area contributed by atoms with Crippen molar-refractivity contribution < 1.29 is 0 Å². The Morgan fingerprint density at radius 1 is 1.43 bits per heavy atom. The minimum Gasteiger partial charge on any atom is -0.304 e. The van der Waals surface area contributed by atoms with E-state index < -0.39 is 0 Å². The first kappa shape index (κ1) is 6.88. The van der Waals surface area contributed by atoms with Crippen molar-refractivity contribution in [3.05, 3.63) is 0 Å². The molecular weight excluding hydrogens is 90.1 g/mol. The van der Waals surface area contributed by atoms with Gasteiger partial charge in [-0.05, 0) is 13.6 Å². The monoisotopic (exact) mass is 103 g/mol. The van der Waals surface area contributed by atoms with Gasteiger partial charge in [-0.3, -0.25) is 5.43 Å².